The molecule has 4 heteroatoms. The third-order valence-electron chi connectivity index (χ3n) is 4.78. The summed E-state index contributed by atoms with van der Waals surface area (Å²) in [6.45, 7) is 9.73. The van der Waals surface area contributed by atoms with Crippen LogP contribution in [-0.4, -0.2) is 30.8 Å². The molecule has 2 fully saturated rings. The van der Waals surface area contributed by atoms with Gasteiger partial charge in [0.1, 0.15) is 0 Å². The molecule has 0 spiro atoms. The first kappa shape index (κ1) is 15.4. The zero-order valence-electron chi connectivity index (χ0n) is 13.5. The number of thiazole rings is 1. The van der Waals surface area contributed by atoms with Crippen molar-refractivity contribution in [2.24, 2.45) is 17.3 Å². The van der Waals surface area contributed by atoms with E-state index in [0.29, 0.717) is 12.0 Å². The molecule has 118 valence electrons. The molecule has 21 heavy (non-hydrogen) atoms. The van der Waals surface area contributed by atoms with Crippen molar-refractivity contribution in [1.29, 1.82) is 0 Å². The number of aromatic nitrogens is 1. The minimum Gasteiger partial charge on any atom is -0.377 e. The Morgan fingerprint density at radius 2 is 2.29 bits per heavy atom. The second kappa shape index (κ2) is 6.35. The maximum atomic E-state index is 6.17. The third kappa shape index (κ3) is 3.66. The summed E-state index contributed by atoms with van der Waals surface area (Å²) in [7, 11) is 0. The van der Waals surface area contributed by atoms with Gasteiger partial charge in [0.15, 0.2) is 0 Å². The SMILES string of the molecule is Cc1nc(CC2(CNCC(C)C)CCOC2C2CC2)cs1. The molecule has 0 aromatic carbocycles. The van der Waals surface area contributed by atoms with Crippen LogP contribution in [0.2, 0.25) is 0 Å². The Morgan fingerprint density at radius 1 is 1.48 bits per heavy atom. The van der Waals surface area contributed by atoms with E-state index in [1.165, 1.54) is 30.0 Å². The van der Waals surface area contributed by atoms with Crippen LogP contribution >= 0.6 is 11.3 Å². The quantitative estimate of drug-likeness (QED) is 0.838. The number of hydrogen-bond donors (Lipinski definition) is 1. The van der Waals surface area contributed by atoms with Gasteiger partial charge in [-0.25, -0.2) is 4.98 Å². The molecule has 2 heterocycles. The van der Waals surface area contributed by atoms with Crippen LogP contribution in [0, 0.1) is 24.2 Å². The lowest BCUT2D eigenvalue weighted by Crippen LogP contribution is -2.44. The second-order valence-electron chi connectivity index (χ2n) is 7.30. The molecule has 1 saturated heterocycles. The van der Waals surface area contributed by atoms with E-state index < -0.39 is 0 Å². The molecule has 0 radical (unpaired) electrons. The zero-order chi connectivity index (χ0) is 14.9. The molecule has 3 rings (SSSR count). The third-order valence-corrected chi connectivity index (χ3v) is 5.60. The molecule has 0 bridgehead atoms. The molecule has 2 atom stereocenters. The van der Waals surface area contributed by atoms with Crippen LogP contribution in [0.1, 0.15) is 43.8 Å². The smallest absolute Gasteiger partial charge is 0.0897 e. The van der Waals surface area contributed by atoms with Crippen molar-refractivity contribution < 1.29 is 4.74 Å². The Hall–Kier alpha value is -0.450. The Morgan fingerprint density at radius 3 is 2.90 bits per heavy atom. The summed E-state index contributed by atoms with van der Waals surface area (Å²) < 4.78 is 6.17. The van der Waals surface area contributed by atoms with E-state index in [1.54, 1.807) is 11.3 Å². The van der Waals surface area contributed by atoms with Gasteiger partial charge in [-0.1, -0.05) is 13.8 Å². The highest BCUT2D eigenvalue weighted by Crippen LogP contribution is 2.49. The highest BCUT2D eigenvalue weighted by Gasteiger charge is 2.50. The Kier molecular flexibility index (Phi) is 4.67. The van der Waals surface area contributed by atoms with Gasteiger partial charge in [0.2, 0.25) is 0 Å². The van der Waals surface area contributed by atoms with Gasteiger partial charge in [-0.05, 0) is 51.0 Å². The van der Waals surface area contributed by atoms with Crippen LogP contribution in [0.15, 0.2) is 5.38 Å². The summed E-state index contributed by atoms with van der Waals surface area (Å²) in [6, 6.07) is 0. The second-order valence-corrected chi connectivity index (χ2v) is 8.36. The Bertz CT molecular complexity index is 469. The fraction of sp³-hybridized carbons (Fsp3) is 0.824. The lowest BCUT2D eigenvalue weighted by atomic mass is 9.75. The lowest BCUT2D eigenvalue weighted by Gasteiger charge is -2.34. The average molecular weight is 308 g/mol. The van der Waals surface area contributed by atoms with Crippen molar-refractivity contribution in [1.82, 2.24) is 10.3 Å². The predicted molar refractivity (Wildman–Crippen MR) is 87.8 cm³/mol. The van der Waals surface area contributed by atoms with Crippen LogP contribution in [0.25, 0.3) is 0 Å². The van der Waals surface area contributed by atoms with Crippen molar-refractivity contribution in [3.63, 3.8) is 0 Å². The van der Waals surface area contributed by atoms with Crippen LogP contribution in [0.5, 0.6) is 0 Å². The summed E-state index contributed by atoms with van der Waals surface area (Å²) in [6.07, 6.45) is 5.40. The van der Waals surface area contributed by atoms with Crippen molar-refractivity contribution >= 4 is 11.3 Å². The van der Waals surface area contributed by atoms with Gasteiger partial charge in [0.25, 0.3) is 0 Å². The minimum atomic E-state index is 0.260. The van der Waals surface area contributed by atoms with Gasteiger partial charge in [0, 0.05) is 23.9 Å². The van der Waals surface area contributed by atoms with Gasteiger partial charge in [0.05, 0.1) is 16.8 Å². The van der Waals surface area contributed by atoms with E-state index in [9.17, 15) is 0 Å². The molecule has 0 amide bonds. The van der Waals surface area contributed by atoms with E-state index in [0.717, 1.165) is 32.0 Å². The molecule has 2 unspecified atom stereocenters. The van der Waals surface area contributed by atoms with E-state index in [-0.39, 0.29) is 5.41 Å². The first-order valence-corrected chi connectivity index (χ1v) is 9.20. The highest BCUT2D eigenvalue weighted by atomic mass is 32.1. The van der Waals surface area contributed by atoms with E-state index in [1.807, 2.05) is 0 Å². The van der Waals surface area contributed by atoms with Crippen LogP contribution < -0.4 is 5.32 Å². The molecule has 1 N–H and O–H groups in total. The fourth-order valence-corrected chi connectivity index (χ4v) is 4.26. The van der Waals surface area contributed by atoms with E-state index in [4.69, 9.17) is 9.72 Å². The summed E-state index contributed by atoms with van der Waals surface area (Å²) in [5, 5.41) is 7.12. The molecule has 2 aliphatic rings. The van der Waals surface area contributed by atoms with Crippen molar-refractivity contribution in [2.75, 3.05) is 19.7 Å². The van der Waals surface area contributed by atoms with Gasteiger partial charge in [-0.3, -0.25) is 0 Å². The largest absolute Gasteiger partial charge is 0.377 e. The summed E-state index contributed by atoms with van der Waals surface area (Å²) in [5.41, 5.74) is 1.52. The molecule has 1 aliphatic heterocycles. The molecular weight excluding hydrogens is 280 g/mol. The molecule has 1 aliphatic carbocycles. The predicted octanol–water partition coefficient (Wildman–Crippen LogP) is 3.42. The van der Waals surface area contributed by atoms with Gasteiger partial charge >= 0.3 is 0 Å². The van der Waals surface area contributed by atoms with Gasteiger partial charge in [-0.15, -0.1) is 11.3 Å². The molecule has 1 aromatic heterocycles. The van der Waals surface area contributed by atoms with Crippen LogP contribution in [0.4, 0.5) is 0 Å². The van der Waals surface area contributed by atoms with Crippen molar-refractivity contribution in [2.45, 2.75) is 52.6 Å². The molecule has 1 aromatic rings. The normalized spacial score (nSPS) is 29.4. The van der Waals surface area contributed by atoms with E-state index in [2.05, 4.69) is 31.5 Å². The first-order chi connectivity index (χ1) is 10.1. The lowest BCUT2D eigenvalue weighted by molar-refractivity contribution is 0.0300. The van der Waals surface area contributed by atoms with Crippen LogP contribution in [0.3, 0.4) is 0 Å². The highest BCUT2D eigenvalue weighted by molar-refractivity contribution is 7.09. The maximum Gasteiger partial charge on any atom is 0.0897 e. The monoisotopic (exact) mass is 308 g/mol. The number of rotatable bonds is 7. The standard InChI is InChI=1S/C17H28N2OS/c1-12(2)9-18-11-17(8-15-10-21-13(3)19-15)6-7-20-16(17)14-4-5-14/h10,12,14,16,18H,4-9,11H2,1-3H3. The van der Waals surface area contributed by atoms with Crippen molar-refractivity contribution in [3.8, 4) is 0 Å². The topological polar surface area (TPSA) is 34.2 Å². The summed E-state index contributed by atoms with van der Waals surface area (Å²) >= 11 is 1.77. The zero-order valence-corrected chi connectivity index (χ0v) is 14.3. The minimum absolute atomic E-state index is 0.260. The van der Waals surface area contributed by atoms with Crippen molar-refractivity contribution in [3.05, 3.63) is 16.1 Å². The Balaban J connectivity index is 1.73. The molecule has 1 saturated carbocycles. The summed E-state index contributed by atoms with van der Waals surface area (Å²) in [4.78, 5) is 4.71. The number of nitrogens with zero attached hydrogens (tertiary/aromatic N) is 1. The number of aryl methyl sites for hydroxylation is 1. The number of hydrogen-bond acceptors (Lipinski definition) is 4. The maximum absolute atomic E-state index is 6.17. The van der Waals surface area contributed by atoms with Gasteiger partial charge in [-0.2, -0.15) is 0 Å². The summed E-state index contributed by atoms with van der Waals surface area (Å²) in [5.74, 6) is 1.50. The van der Waals surface area contributed by atoms with Crippen LogP contribution in [-0.2, 0) is 11.2 Å². The van der Waals surface area contributed by atoms with E-state index >= 15 is 0 Å². The van der Waals surface area contributed by atoms with Gasteiger partial charge < -0.3 is 10.1 Å². The fourth-order valence-electron chi connectivity index (χ4n) is 3.64. The Labute approximate surface area is 132 Å². The first-order valence-electron chi connectivity index (χ1n) is 8.32. The molecular formula is C17H28N2OS. The number of nitrogens with one attached hydrogen (secondary N) is 1. The molecule has 3 nitrogen and oxygen atoms in total. The number of ether oxygens (including phenoxy) is 1. The average Bonchev–Trinajstić information content (AvgIpc) is 3.06.